The van der Waals surface area contributed by atoms with Crippen LogP contribution in [0.15, 0.2) is 21.9 Å². The second-order valence-corrected chi connectivity index (χ2v) is 29.5. The number of nitrogens with one attached hydrogen (secondary N) is 1. The van der Waals surface area contributed by atoms with E-state index < -0.39 is 79.2 Å². The van der Waals surface area contributed by atoms with Gasteiger partial charge in [-0.05, 0) is 22.5 Å². The molecule has 0 amide bonds. The van der Waals surface area contributed by atoms with E-state index in [0.717, 1.165) is 0 Å². The van der Waals surface area contributed by atoms with Crippen LogP contribution >= 0.6 is 7.82 Å². The minimum absolute atomic E-state index is 0.107. The normalized spacial score (nSPS) is 25.5. The second kappa shape index (κ2) is 10.6. The Morgan fingerprint density at radius 2 is 1.75 bits per heavy atom. The van der Waals surface area contributed by atoms with Gasteiger partial charge in [-0.15, -0.1) is 0 Å². The van der Waals surface area contributed by atoms with Crippen molar-refractivity contribution in [2.24, 2.45) is 0 Å². The van der Waals surface area contributed by atoms with Gasteiger partial charge in [0.05, 0.1) is 0 Å². The van der Waals surface area contributed by atoms with Crippen molar-refractivity contribution in [2.75, 3.05) is 6.61 Å². The van der Waals surface area contributed by atoms with Crippen molar-refractivity contribution in [1.29, 1.82) is 0 Å². The molecule has 2 aromatic rings. The van der Waals surface area contributed by atoms with Crippen LogP contribution in [0.3, 0.4) is 0 Å². The molecule has 0 saturated carbocycles. The molecular formula is C27H39F2N2O7PSn. The van der Waals surface area contributed by atoms with Gasteiger partial charge in [0, 0.05) is 0 Å². The Morgan fingerprint density at radius 3 is 2.33 bits per heavy atom. The average molecular weight is 691 g/mol. The molecule has 1 fully saturated rings. The molecule has 4 rings (SSSR count). The van der Waals surface area contributed by atoms with Crippen LogP contribution in [-0.2, 0) is 35.8 Å². The van der Waals surface area contributed by atoms with E-state index in [0.29, 0.717) is 14.7 Å². The number of phosphoric acid groups is 1. The van der Waals surface area contributed by atoms with E-state index in [9.17, 15) is 14.2 Å². The average Bonchev–Trinajstić information content (AvgIpc) is 3.15. The van der Waals surface area contributed by atoms with Crippen molar-refractivity contribution in [3.05, 3.63) is 55.6 Å². The molecular weight excluding hydrogens is 652 g/mol. The SMILES string of the molecule is CC(C)(C)c1cc(C(C)(C)C)c2c(c1F)COP(=O)(OC[C@H]1O[C@@H](n3c[c]([Sn]([CH3])([CH3])[CH3])c(=O)[nH]c3=O)C[C@@H]1F)O2. The molecule has 3 heterocycles. The second-order valence-electron chi connectivity index (χ2n) is 13.5. The number of halogens is 2. The number of phosphoric ester groups is 1. The van der Waals surface area contributed by atoms with Crippen LogP contribution in [0.25, 0.3) is 0 Å². The van der Waals surface area contributed by atoms with E-state index in [2.05, 4.69) is 4.98 Å². The fourth-order valence-corrected chi connectivity index (χ4v) is 9.64. The molecule has 40 heavy (non-hydrogen) atoms. The monoisotopic (exact) mass is 692 g/mol. The summed E-state index contributed by atoms with van der Waals surface area (Å²) in [6, 6.07) is 1.73. The fraction of sp³-hybridized carbons (Fsp3) is 0.630. The first-order valence-corrected chi connectivity index (χ1v) is 24.8. The number of H-pyrrole nitrogens is 1. The molecule has 1 aromatic carbocycles. The first-order chi connectivity index (χ1) is 18.2. The van der Waals surface area contributed by atoms with Gasteiger partial charge in [-0.3, -0.25) is 0 Å². The first kappa shape index (κ1) is 31.4. The Bertz CT molecular complexity index is 1470. The number of hydrogen-bond acceptors (Lipinski definition) is 7. The van der Waals surface area contributed by atoms with Gasteiger partial charge in [-0.1, -0.05) is 41.5 Å². The van der Waals surface area contributed by atoms with E-state index >= 15 is 8.78 Å². The topological polar surface area (TPSA) is 109 Å². The molecule has 1 unspecified atom stereocenters. The molecule has 0 aliphatic carbocycles. The third kappa shape index (κ3) is 6.28. The Balaban J connectivity index is 1.55. The van der Waals surface area contributed by atoms with Crippen molar-refractivity contribution in [3.8, 4) is 5.75 Å². The van der Waals surface area contributed by atoms with Gasteiger partial charge >= 0.3 is 163 Å². The predicted molar refractivity (Wildman–Crippen MR) is 151 cm³/mol. The number of ether oxygens (including phenoxy) is 1. The van der Waals surface area contributed by atoms with E-state index in [4.69, 9.17) is 18.3 Å². The number of aromatic nitrogens is 2. The van der Waals surface area contributed by atoms with Crippen molar-refractivity contribution in [3.63, 3.8) is 0 Å². The number of hydrogen-bond donors (Lipinski definition) is 1. The molecule has 1 aromatic heterocycles. The van der Waals surface area contributed by atoms with Crippen LogP contribution < -0.4 is 19.4 Å². The molecule has 1 saturated heterocycles. The van der Waals surface area contributed by atoms with Gasteiger partial charge in [-0.25, -0.2) is 4.39 Å². The number of benzene rings is 1. The summed E-state index contributed by atoms with van der Waals surface area (Å²) in [6.07, 6.45) is -2.40. The molecule has 4 atom stereocenters. The summed E-state index contributed by atoms with van der Waals surface area (Å²) in [6.45, 7) is 10.7. The number of nitrogens with zero attached hydrogens (tertiary/aromatic N) is 1. The van der Waals surface area contributed by atoms with Crippen LogP contribution in [0.4, 0.5) is 8.78 Å². The molecule has 2 aliphatic heterocycles. The van der Waals surface area contributed by atoms with Gasteiger partial charge in [0.25, 0.3) is 0 Å². The molecule has 222 valence electrons. The standard InChI is InChI=1S/C24H30F2N2O7P.3CH3.Sn/c1-23(2,3)14-9-15(24(4,5)6)21-13(20(14)26)11-32-36(31,35-21)33-12-17-16(25)10-19(34-17)28-8-7-18(29)27-22(28)30;;;;/h8-9,16-17,19H,10-12H2,1-6H3,(H,27,29,30);3*1H3;/t16-,17+,19+,36?;;;;/m0..../s1. The molecule has 13 heteroatoms. The number of aromatic amines is 1. The van der Waals surface area contributed by atoms with Crippen LogP contribution in [0, 0.1) is 5.82 Å². The van der Waals surface area contributed by atoms with Crippen molar-refractivity contribution in [1.82, 2.24) is 9.55 Å². The van der Waals surface area contributed by atoms with E-state index in [1.807, 2.05) is 56.4 Å². The third-order valence-electron chi connectivity index (χ3n) is 7.14. The van der Waals surface area contributed by atoms with Crippen LogP contribution in [0.2, 0.25) is 14.8 Å². The zero-order valence-electron chi connectivity index (χ0n) is 24.5. The van der Waals surface area contributed by atoms with Gasteiger partial charge in [0.1, 0.15) is 5.82 Å². The molecule has 2 aliphatic rings. The zero-order valence-corrected chi connectivity index (χ0v) is 28.3. The maximum absolute atomic E-state index is 15.5. The molecule has 0 radical (unpaired) electrons. The summed E-state index contributed by atoms with van der Waals surface area (Å²) in [5.74, 6) is -0.381. The van der Waals surface area contributed by atoms with E-state index in [-0.39, 0.29) is 24.3 Å². The molecule has 1 N–H and O–H groups in total. The quantitative estimate of drug-likeness (QED) is 0.341. The molecule has 0 spiro atoms. The predicted octanol–water partition coefficient (Wildman–Crippen LogP) is 5.18. The summed E-state index contributed by atoms with van der Waals surface area (Å²) in [5, 5.41) is 0. The van der Waals surface area contributed by atoms with Crippen LogP contribution in [-0.4, -0.2) is 46.8 Å². The Labute approximate surface area is 237 Å². The zero-order chi connectivity index (χ0) is 30.0. The number of rotatable bonds is 5. The summed E-state index contributed by atoms with van der Waals surface area (Å²) < 4.78 is 68.1. The fourth-order valence-electron chi connectivity index (χ4n) is 4.79. The van der Waals surface area contributed by atoms with Crippen molar-refractivity contribution in [2.45, 2.75) is 98.7 Å². The van der Waals surface area contributed by atoms with Crippen LogP contribution in [0.1, 0.15) is 70.9 Å². The first-order valence-electron chi connectivity index (χ1n) is 13.3. The van der Waals surface area contributed by atoms with Crippen molar-refractivity contribution >= 4 is 29.8 Å². The summed E-state index contributed by atoms with van der Waals surface area (Å²) in [4.78, 5) is 33.2. The number of fused-ring (bicyclic) bond motifs is 1. The number of alkyl halides is 1. The molecule has 9 nitrogen and oxygen atoms in total. The molecule has 0 bridgehead atoms. The van der Waals surface area contributed by atoms with Gasteiger partial charge in [0.15, 0.2) is 0 Å². The Morgan fingerprint density at radius 1 is 1.12 bits per heavy atom. The summed E-state index contributed by atoms with van der Waals surface area (Å²) >= 11 is -2.89. The summed E-state index contributed by atoms with van der Waals surface area (Å²) in [7, 11) is -4.26. The van der Waals surface area contributed by atoms with Gasteiger partial charge in [-0.2, -0.15) is 0 Å². The van der Waals surface area contributed by atoms with E-state index in [1.54, 1.807) is 6.07 Å². The van der Waals surface area contributed by atoms with Gasteiger partial charge < -0.3 is 0 Å². The van der Waals surface area contributed by atoms with E-state index in [1.165, 1.54) is 10.8 Å². The minimum atomic E-state index is -4.26. The Kier molecular flexibility index (Phi) is 8.35. The van der Waals surface area contributed by atoms with Crippen molar-refractivity contribution < 1.29 is 31.7 Å². The van der Waals surface area contributed by atoms with Crippen LogP contribution in [0.5, 0.6) is 5.75 Å². The summed E-state index contributed by atoms with van der Waals surface area (Å²) in [5.41, 5.74) is -0.797. The Hall–Kier alpha value is -1.53. The maximum atomic E-state index is 15.5. The van der Waals surface area contributed by atoms with Gasteiger partial charge in [0.2, 0.25) is 0 Å². The third-order valence-corrected chi connectivity index (χ3v) is 14.1.